The van der Waals surface area contributed by atoms with E-state index in [1.807, 2.05) is 113 Å². The van der Waals surface area contributed by atoms with Crippen LogP contribution in [-0.2, 0) is 4.57 Å². The maximum atomic E-state index is 14.9. The summed E-state index contributed by atoms with van der Waals surface area (Å²) >= 11 is 0. The molecule has 0 saturated heterocycles. The zero-order valence-electron chi connectivity index (χ0n) is 62.3. The van der Waals surface area contributed by atoms with E-state index in [0.717, 1.165) is 0 Å². The van der Waals surface area contributed by atoms with E-state index in [0.29, 0.717) is 0 Å². The first-order valence-corrected chi connectivity index (χ1v) is 44.2. The van der Waals surface area contributed by atoms with Crippen molar-refractivity contribution in [3.63, 3.8) is 0 Å². The number of hydrogen-bond acceptors (Lipinski definition) is 6. The Hall–Kier alpha value is 1.62. The smallest absolute Gasteiger partial charge is 0.501 e. The Morgan fingerprint density at radius 2 is 0.388 bits per heavy atom. The van der Waals surface area contributed by atoms with Gasteiger partial charge in [-0.3, -0.25) is 51.3 Å². The third-order valence-electron chi connectivity index (χ3n) is 14.1. The average molecular weight is 1410 g/mol. The largest absolute Gasteiger partial charge is 0.870 e. The summed E-state index contributed by atoms with van der Waals surface area (Å²) in [5.74, 6) is 0. The highest BCUT2D eigenvalue weighted by Gasteiger charge is 2.56. The lowest BCUT2D eigenvalue weighted by Gasteiger charge is -2.45. The van der Waals surface area contributed by atoms with Crippen molar-refractivity contribution >= 4 is 75.2 Å². The Morgan fingerprint density at radius 3 is 0.529 bits per heavy atom. The Morgan fingerprint density at radius 1 is 0.212 bits per heavy atom. The fourth-order valence-corrected chi connectivity index (χ4v) is 53.0. The maximum Gasteiger partial charge on any atom is 0.501 e. The Balaban J connectivity index is -0.00000157. The molecule has 41 heteroatoms. The van der Waals surface area contributed by atoms with Gasteiger partial charge in [0.25, 0.3) is 0 Å². The van der Waals surface area contributed by atoms with Crippen molar-refractivity contribution in [1.29, 1.82) is 0 Å². The van der Waals surface area contributed by atoms with Gasteiger partial charge >= 0.3 is 23.0 Å². The molecular weight excluding hydrogens is 1280 g/mol. The van der Waals surface area contributed by atoms with Crippen LogP contribution in [0.25, 0.3) is 0 Å². The molecule has 0 aromatic rings. The molecule has 0 bridgehead atoms. The maximum absolute atomic E-state index is 14.9. The van der Waals surface area contributed by atoms with Gasteiger partial charge in [-0.15, -0.1) is 0 Å². The van der Waals surface area contributed by atoms with Crippen molar-refractivity contribution in [2.75, 3.05) is 309 Å². The summed E-state index contributed by atoms with van der Waals surface area (Å²) in [6, 6.07) is 0. The van der Waals surface area contributed by atoms with Crippen LogP contribution < -0.4 is 0 Å². The summed E-state index contributed by atoms with van der Waals surface area (Å²) in [4.78, 5) is 0. The van der Waals surface area contributed by atoms with Crippen molar-refractivity contribution in [2.24, 2.45) is 36.1 Å². The summed E-state index contributed by atoms with van der Waals surface area (Å²) in [7, 11) is 58.0. The quantitative estimate of drug-likeness (QED) is 0.0637. The minimum absolute atomic E-state index is 0. The van der Waals surface area contributed by atoms with Crippen LogP contribution in [0, 0.1) is 0 Å². The normalized spacial score (nSPS) is 14.6. The zero-order chi connectivity index (χ0) is 67.8. The molecule has 0 radical (unpaired) electrons. The van der Waals surface area contributed by atoms with Crippen LogP contribution in [-0.4, -0.2) is 413 Å². The molecule has 0 aromatic heterocycles. The highest BCUT2D eigenvalue weighted by atomic mass is 31.3. The standard InChI is InChI=1S/C23H69N15P5.C21H63N14OP5.H2O/c1-28(2)39(23,29(3)4)24-40(25-41(30(5)6,31(7)8)32(9)10,26-42(33(11)12,34(13)14)35(15)16)27-43(36(17)18,37(19)20)38(21)22;1-26(2)37(21,27(3)4)22-38(25-41(36,34(17)18)35(19)20,23-39(28(5)6,29(7)8)30(9)10)24-40(31(11)12,32(13)14)33(15)16;/h1-23H3;1-21H3;1H2/q+1;;/p-1. The third kappa shape index (κ3) is 19.4. The highest BCUT2D eigenvalue weighted by molar-refractivity contribution is 7.88. The van der Waals surface area contributed by atoms with Crippen LogP contribution in [0.4, 0.5) is 0 Å². The molecule has 0 fully saturated rings. The van der Waals surface area contributed by atoms with E-state index in [1.165, 1.54) is 0 Å². The number of hydrogen-bond donors (Lipinski definition) is 0. The Bertz CT molecular complexity index is 2290. The molecule has 1 N–H and O–H groups in total. The van der Waals surface area contributed by atoms with Gasteiger partial charge < -0.3 is 5.48 Å². The van der Waals surface area contributed by atoms with Crippen LogP contribution in [0.1, 0.15) is 0 Å². The molecule has 0 heterocycles. The summed E-state index contributed by atoms with van der Waals surface area (Å²) in [6.45, 7) is 4.38. The molecule has 516 valence electrons. The van der Waals surface area contributed by atoms with Crippen LogP contribution in [0.3, 0.4) is 0 Å². The van der Waals surface area contributed by atoms with E-state index in [2.05, 4.69) is 257 Å². The molecule has 0 rings (SSSR count). The lowest BCUT2D eigenvalue weighted by Crippen LogP contribution is -2.32. The van der Waals surface area contributed by atoms with Gasteiger partial charge in [0.05, 0.1) is 0 Å². The molecule has 0 aliphatic heterocycles. The van der Waals surface area contributed by atoms with Crippen molar-refractivity contribution in [1.82, 2.24) is 98.1 Å². The number of nitrogens with zero attached hydrogens (tertiary/aromatic N) is 29. The second-order valence-corrected chi connectivity index (χ2v) is 59.1. The lowest BCUT2D eigenvalue weighted by atomic mass is 11.2. The first-order valence-electron chi connectivity index (χ1n) is 27.3. The van der Waals surface area contributed by atoms with Crippen LogP contribution in [0.2, 0.25) is 0 Å². The lowest BCUT2D eigenvalue weighted by molar-refractivity contribution is 0.450. The molecule has 0 aliphatic carbocycles. The zero-order valence-corrected chi connectivity index (χ0v) is 71.2. The van der Waals surface area contributed by atoms with Crippen LogP contribution in [0.15, 0.2) is 36.1 Å². The van der Waals surface area contributed by atoms with Crippen molar-refractivity contribution in [3.8, 4) is 0 Å². The fourth-order valence-electron chi connectivity index (χ4n) is 9.75. The summed E-state index contributed by atoms with van der Waals surface area (Å²) in [5, 5.41) is 0. The van der Waals surface area contributed by atoms with Crippen molar-refractivity contribution < 1.29 is 10.0 Å². The summed E-state index contributed by atoms with van der Waals surface area (Å²) in [6.07, 6.45) is 0. The minimum Gasteiger partial charge on any atom is -0.870 e. The molecule has 0 spiro atoms. The van der Waals surface area contributed by atoms with Crippen molar-refractivity contribution in [2.45, 2.75) is 0 Å². The van der Waals surface area contributed by atoms with Gasteiger partial charge in [0, 0.05) is 6.66 Å². The van der Waals surface area contributed by atoms with Gasteiger partial charge in [0.1, 0.15) is 14.7 Å². The molecule has 31 nitrogen and oxygen atoms in total. The van der Waals surface area contributed by atoms with Gasteiger partial charge in [-0.25, -0.2) is 51.4 Å². The summed E-state index contributed by atoms with van der Waals surface area (Å²) < 4.78 is 107. The first-order chi connectivity index (χ1) is 37.5. The average Bonchev–Trinajstić information content (AvgIpc) is 3.30. The van der Waals surface area contributed by atoms with E-state index in [4.69, 9.17) is 36.1 Å². The van der Waals surface area contributed by atoms with Gasteiger partial charge in [0.15, 0.2) is 15.0 Å². The van der Waals surface area contributed by atoms with Crippen molar-refractivity contribution in [3.05, 3.63) is 0 Å². The molecule has 0 atom stereocenters. The molecule has 0 aromatic carbocycles. The second-order valence-electron chi connectivity index (χ2n) is 24.5. The molecular formula is C44H133N29O2P10. The first kappa shape index (κ1) is 90.8. The van der Waals surface area contributed by atoms with E-state index in [9.17, 15) is 4.57 Å². The minimum atomic E-state index is -3.55. The van der Waals surface area contributed by atoms with Gasteiger partial charge in [0.2, 0.25) is 22.5 Å². The molecule has 0 aliphatic rings. The molecule has 85 heavy (non-hydrogen) atoms. The van der Waals surface area contributed by atoms with Gasteiger partial charge in [-0.2, -0.15) is 18.1 Å². The van der Waals surface area contributed by atoms with E-state index < -0.39 is 75.2 Å². The predicted molar refractivity (Wildman–Crippen MR) is 391 cm³/mol. The third-order valence-corrected chi connectivity index (χ3v) is 54.5. The van der Waals surface area contributed by atoms with E-state index in [-0.39, 0.29) is 5.48 Å². The molecule has 0 amide bonds. The van der Waals surface area contributed by atoms with E-state index >= 15 is 0 Å². The second kappa shape index (κ2) is 34.9. The number of rotatable bonds is 29. The monoisotopic (exact) mass is 1410 g/mol. The fraction of sp³-hybridized carbons (Fsp3) is 1.00. The van der Waals surface area contributed by atoms with E-state index in [1.54, 1.807) is 37.5 Å². The van der Waals surface area contributed by atoms with Gasteiger partial charge in [-0.1, -0.05) is 0 Å². The Kier molecular flexibility index (Phi) is 37.2. The topological polar surface area (TPSA) is 214 Å². The Labute approximate surface area is 526 Å². The van der Waals surface area contributed by atoms with Gasteiger partial charge in [-0.05, 0) is 321 Å². The SMILES string of the molecule is CN(C)P(=O)(N=P(N=P(C)(N(C)C)N(C)C)(N=P(N(C)C)(N(C)C)N(C)C)N=P(N(C)C)(N(C)C)N(C)C)N(C)C.CN(C)P(C)(=N[P+](N=P(N(C)C)(N(C)C)N(C)C)(N=P(N(C)C)(N(C)C)N(C)C)N=P(N(C)C)(N(C)C)N(C)C)N(C)C.[OH-]. The predicted octanol–water partition coefficient (Wildman–Crippen LogP) is 10.4. The van der Waals surface area contributed by atoms with Crippen LogP contribution in [0.5, 0.6) is 0 Å². The molecule has 0 unspecified atom stereocenters. The molecule has 0 saturated carbocycles. The van der Waals surface area contributed by atoms with Crippen LogP contribution >= 0.6 is 75.2 Å². The highest BCUT2D eigenvalue weighted by Crippen LogP contribution is 2.86. The summed E-state index contributed by atoms with van der Waals surface area (Å²) in [5.41, 5.74) is 0.